The van der Waals surface area contributed by atoms with Gasteiger partial charge in [0.05, 0.1) is 0 Å². The van der Waals surface area contributed by atoms with Gasteiger partial charge in [-0.3, -0.25) is 9.46 Å². The number of carboxylic acid groups (broad SMARTS) is 1. The van der Waals surface area contributed by atoms with Gasteiger partial charge in [0, 0.05) is 12.4 Å². The Kier molecular flexibility index (Phi) is 2.72. The summed E-state index contributed by atoms with van der Waals surface area (Å²) < 4.78 is 22.2. The maximum Gasteiger partial charge on any atom is 0.428 e. The molecule has 6 nitrogen and oxygen atoms in total. The Morgan fingerprint density at radius 1 is 1.54 bits per heavy atom. The van der Waals surface area contributed by atoms with Gasteiger partial charge in [-0.15, -0.1) is 0 Å². The third-order valence-electron chi connectivity index (χ3n) is 1.78. The minimum absolute atomic E-state index is 0.197. The molecule has 0 radical (unpaired) electrons. The van der Waals surface area contributed by atoms with Crippen LogP contribution in [-0.2, 0) is 13.9 Å². The van der Waals surface area contributed by atoms with E-state index in [0.29, 0.717) is 0 Å². The van der Waals surface area contributed by atoms with Crippen molar-refractivity contribution in [1.29, 1.82) is 0 Å². The third kappa shape index (κ3) is 2.09. The second-order valence-corrected chi connectivity index (χ2v) is 3.55. The number of aliphatic carboxylic acids is 1. The van der Waals surface area contributed by atoms with Crippen LogP contribution in [0.25, 0.3) is 0 Å². The zero-order valence-corrected chi connectivity index (χ0v) is 7.85. The van der Waals surface area contributed by atoms with Crippen LogP contribution in [0.1, 0.15) is 6.92 Å². The lowest BCUT2D eigenvalue weighted by Gasteiger charge is -2.23. The molecular formula is C6H9N2O4P. The highest BCUT2D eigenvalue weighted by Crippen LogP contribution is 2.25. The maximum absolute atomic E-state index is 10.6. The largest absolute Gasteiger partial charge is 0.480 e. The van der Waals surface area contributed by atoms with Crippen LogP contribution in [0.3, 0.4) is 0 Å². The summed E-state index contributed by atoms with van der Waals surface area (Å²) in [6.45, 7) is 1.42. The lowest BCUT2D eigenvalue weighted by Crippen LogP contribution is -2.35. The molecule has 1 aliphatic rings. The monoisotopic (exact) mass is 204 g/mol. The first-order chi connectivity index (χ1) is 6.02. The van der Waals surface area contributed by atoms with Gasteiger partial charge in [-0.05, 0) is 6.92 Å². The SMILES string of the molecule is CC1N(CC(=O)O)C=CN1P(=O)=O. The van der Waals surface area contributed by atoms with Crippen LogP contribution >= 0.6 is 7.83 Å². The summed E-state index contributed by atoms with van der Waals surface area (Å²) in [5, 5.41) is 8.47. The minimum Gasteiger partial charge on any atom is -0.480 e. The Morgan fingerprint density at radius 2 is 2.15 bits per heavy atom. The molecule has 72 valence electrons. The predicted octanol–water partition coefficient (Wildman–Crippen LogP) is 0.594. The summed E-state index contributed by atoms with van der Waals surface area (Å²) in [7, 11) is -2.68. The Bertz CT molecular complexity index is 304. The highest BCUT2D eigenvalue weighted by Gasteiger charge is 2.26. The number of rotatable bonds is 3. The highest BCUT2D eigenvalue weighted by atomic mass is 31.1. The summed E-state index contributed by atoms with van der Waals surface area (Å²) in [6, 6.07) is 0. The van der Waals surface area contributed by atoms with Gasteiger partial charge < -0.3 is 10.0 Å². The third-order valence-corrected chi connectivity index (χ3v) is 2.62. The van der Waals surface area contributed by atoms with Gasteiger partial charge in [-0.2, -0.15) is 0 Å². The fourth-order valence-corrected chi connectivity index (χ4v) is 1.66. The molecule has 7 heteroatoms. The topological polar surface area (TPSA) is 77.9 Å². The summed E-state index contributed by atoms with van der Waals surface area (Å²) in [4.78, 5) is 11.8. The normalized spacial score (nSPS) is 20.8. The Hall–Kier alpha value is -1.29. The second-order valence-electron chi connectivity index (χ2n) is 2.61. The Balaban J connectivity index is 2.66. The molecule has 0 aromatic rings. The van der Waals surface area contributed by atoms with Crippen molar-refractivity contribution in [2.75, 3.05) is 6.54 Å². The second kappa shape index (κ2) is 3.62. The molecule has 1 unspecified atom stereocenters. The molecule has 1 heterocycles. The molecule has 0 bridgehead atoms. The van der Waals surface area contributed by atoms with Crippen LogP contribution in [-0.4, -0.2) is 33.4 Å². The molecule has 0 aromatic heterocycles. The predicted molar refractivity (Wildman–Crippen MR) is 43.1 cm³/mol. The van der Waals surface area contributed by atoms with Crippen LogP contribution in [0.5, 0.6) is 0 Å². The van der Waals surface area contributed by atoms with Crippen molar-refractivity contribution in [3.8, 4) is 0 Å². The van der Waals surface area contributed by atoms with E-state index in [2.05, 4.69) is 0 Å². The van der Waals surface area contributed by atoms with Gasteiger partial charge in [-0.25, -0.2) is 9.13 Å². The van der Waals surface area contributed by atoms with Crippen LogP contribution in [0.15, 0.2) is 12.4 Å². The zero-order valence-electron chi connectivity index (χ0n) is 6.95. The molecule has 0 aliphatic carbocycles. The highest BCUT2D eigenvalue weighted by molar-refractivity contribution is 7.28. The molecule has 0 spiro atoms. The lowest BCUT2D eigenvalue weighted by atomic mass is 10.5. The van der Waals surface area contributed by atoms with E-state index in [-0.39, 0.29) is 6.54 Å². The van der Waals surface area contributed by atoms with Crippen molar-refractivity contribution >= 4 is 13.8 Å². The average molecular weight is 204 g/mol. The van der Waals surface area contributed by atoms with Gasteiger partial charge in [0.2, 0.25) is 0 Å². The zero-order chi connectivity index (χ0) is 10.0. The van der Waals surface area contributed by atoms with E-state index in [9.17, 15) is 13.9 Å². The van der Waals surface area contributed by atoms with Gasteiger partial charge in [-0.1, -0.05) is 0 Å². The number of carbonyl (C=O) groups is 1. The molecule has 0 amide bonds. The summed E-state index contributed by atoms with van der Waals surface area (Å²) in [6.07, 6.45) is 2.35. The van der Waals surface area contributed by atoms with Gasteiger partial charge in [0.1, 0.15) is 12.7 Å². The molecule has 1 atom stereocenters. The molecular weight excluding hydrogens is 195 g/mol. The number of hydrogen-bond donors (Lipinski definition) is 1. The maximum atomic E-state index is 10.6. The van der Waals surface area contributed by atoms with Crippen molar-refractivity contribution in [3.05, 3.63) is 12.4 Å². The van der Waals surface area contributed by atoms with Crippen LogP contribution in [0.4, 0.5) is 0 Å². The van der Waals surface area contributed by atoms with Crippen LogP contribution < -0.4 is 0 Å². The number of carboxylic acids is 1. The average Bonchev–Trinajstić information content (AvgIpc) is 2.32. The van der Waals surface area contributed by atoms with E-state index in [1.807, 2.05) is 0 Å². The van der Waals surface area contributed by atoms with Gasteiger partial charge in [0.25, 0.3) is 0 Å². The molecule has 0 fully saturated rings. The fourth-order valence-electron chi connectivity index (χ4n) is 1.09. The van der Waals surface area contributed by atoms with Gasteiger partial charge in [0.15, 0.2) is 0 Å². The smallest absolute Gasteiger partial charge is 0.428 e. The lowest BCUT2D eigenvalue weighted by molar-refractivity contribution is -0.138. The van der Waals surface area contributed by atoms with E-state index in [1.165, 1.54) is 17.3 Å². The van der Waals surface area contributed by atoms with E-state index in [4.69, 9.17) is 5.11 Å². The number of hydrogen-bond acceptors (Lipinski definition) is 4. The van der Waals surface area contributed by atoms with E-state index in [1.54, 1.807) is 6.92 Å². The first-order valence-electron chi connectivity index (χ1n) is 3.61. The van der Waals surface area contributed by atoms with E-state index >= 15 is 0 Å². The first kappa shape index (κ1) is 9.80. The van der Waals surface area contributed by atoms with Crippen molar-refractivity contribution < 1.29 is 19.0 Å². The van der Waals surface area contributed by atoms with Crippen LogP contribution in [0.2, 0.25) is 0 Å². The number of nitrogens with zero attached hydrogens (tertiary/aromatic N) is 2. The van der Waals surface area contributed by atoms with Crippen LogP contribution in [0, 0.1) is 0 Å². The summed E-state index contributed by atoms with van der Waals surface area (Å²) >= 11 is 0. The molecule has 1 rings (SSSR count). The quantitative estimate of drug-likeness (QED) is 0.678. The molecule has 0 aromatic carbocycles. The van der Waals surface area contributed by atoms with Crippen molar-refractivity contribution in [1.82, 2.24) is 9.57 Å². The van der Waals surface area contributed by atoms with E-state index < -0.39 is 20.0 Å². The molecule has 13 heavy (non-hydrogen) atoms. The summed E-state index contributed by atoms with van der Waals surface area (Å²) in [5.74, 6) is -0.987. The van der Waals surface area contributed by atoms with Gasteiger partial charge >= 0.3 is 13.8 Å². The first-order valence-corrected chi connectivity index (χ1v) is 4.74. The minimum atomic E-state index is -2.68. The Morgan fingerprint density at radius 3 is 2.54 bits per heavy atom. The van der Waals surface area contributed by atoms with Crippen molar-refractivity contribution in [2.24, 2.45) is 0 Å². The Labute approximate surface area is 75.3 Å². The summed E-state index contributed by atoms with van der Waals surface area (Å²) in [5.41, 5.74) is 0. The fraction of sp³-hybridized carbons (Fsp3) is 0.500. The van der Waals surface area contributed by atoms with Crippen molar-refractivity contribution in [2.45, 2.75) is 13.1 Å². The standard InChI is InChI=1S/C6H9N2O4P/c1-5-7(4-6(9)10)2-3-8(5)13(11)12/h2-3,5H,4H2,1H3,(H,9,10). The van der Waals surface area contributed by atoms with E-state index in [0.717, 1.165) is 4.67 Å². The molecule has 1 aliphatic heterocycles. The van der Waals surface area contributed by atoms with Crippen molar-refractivity contribution in [3.63, 3.8) is 0 Å². The molecule has 0 saturated carbocycles. The molecule has 1 N–H and O–H groups in total. The molecule has 0 saturated heterocycles.